The minimum Gasteiger partial charge on any atom is -0.464 e. The smallest absolute Gasteiger partial charge is 0.338 e. The number of esters is 1. The average Bonchev–Trinajstić information content (AvgIpc) is 2.52. The Morgan fingerprint density at radius 2 is 2.07 bits per heavy atom. The maximum atomic E-state index is 11.3. The van der Waals surface area contributed by atoms with E-state index in [-0.39, 0.29) is 6.61 Å². The second-order valence-electron chi connectivity index (χ2n) is 3.43. The summed E-state index contributed by atoms with van der Waals surface area (Å²) in [4.78, 5) is 11.3. The van der Waals surface area contributed by atoms with Crippen LogP contribution >= 0.6 is 0 Å². The van der Waals surface area contributed by atoms with Crippen molar-refractivity contribution in [1.82, 2.24) is 0 Å². The number of aliphatic hydroxyl groups is 3. The van der Waals surface area contributed by atoms with Crippen LogP contribution < -0.4 is 0 Å². The monoisotopic (exact) mass is 220 g/mol. The molecule has 0 aromatic heterocycles. The summed E-state index contributed by atoms with van der Waals surface area (Å²) in [6.07, 6.45) is -4.07. The molecule has 3 N–H and O–H groups in total. The molecule has 0 unspecified atom stereocenters. The van der Waals surface area contributed by atoms with Crippen LogP contribution in [0.3, 0.4) is 0 Å². The third-order valence-corrected chi connectivity index (χ3v) is 2.22. The lowest BCUT2D eigenvalue weighted by Gasteiger charge is -2.13. The molecule has 0 radical (unpaired) electrons. The van der Waals surface area contributed by atoms with Gasteiger partial charge in [-0.3, -0.25) is 0 Å². The van der Waals surface area contributed by atoms with E-state index in [4.69, 9.17) is 14.6 Å². The Morgan fingerprint density at radius 3 is 2.53 bits per heavy atom. The van der Waals surface area contributed by atoms with E-state index in [9.17, 15) is 15.0 Å². The van der Waals surface area contributed by atoms with Crippen molar-refractivity contribution < 1.29 is 29.6 Å². The molecule has 4 atom stereocenters. The average molecular weight is 220 g/mol. The maximum Gasteiger partial charge on any atom is 0.338 e. The fraction of sp³-hybridized carbons (Fsp3) is 0.889. The molecule has 6 nitrogen and oxygen atoms in total. The molecule has 88 valence electrons. The van der Waals surface area contributed by atoms with E-state index in [0.717, 1.165) is 0 Å². The van der Waals surface area contributed by atoms with Gasteiger partial charge in [-0.05, 0) is 6.42 Å². The zero-order valence-electron chi connectivity index (χ0n) is 8.50. The van der Waals surface area contributed by atoms with E-state index in [1.165, 1.54) is 0 Å². The Labute approximate surface area is 87.4 Å². The molecule has 1 aliphatic heterocycles. The van der Waals surface area contributed by atoms with Crippen molar-refractivity contribution in [2.45, 2.75) is 37.8 Å². The van der Waals surface area contributed by atoms with Crippen LogP contribution in [0.1, 0.15) is 13.3 Å². The van der Waals surface area contributed by atoms with Gasteiger partial charge in [0.05, 0.1) is 13.2 Å². The second kappa shape index (κ2) is 5.41. The van der Waals surface area contributed by atoms with Gasteiger partial charge in [-0.25, -0.2) is 4.79 Å². The molecule has 0 aromatic carbocycles. The van der Waals surface area contributed by atoms with Gasteiger partial charge < -0.3 is 24.8 Å². The largest absolute Gasteiger partial charge is 0.464 e. The molecule has 1 aliphatic rings. The summed E-state index contributed by atoms with van der Waals surface area (Å²) in [5, 5.41) is 27.6. The van der Waals surface area contributed by atoms with Crippen LogP contribution in [0.15, 0.2) is 0 Å². The first kappa shape index (κ1) is 12.4. The van der Waals surface area contributed by atoms with Gasteiger partial charge >= 0.3 is 5.97 Å². The van der Waals surface area contributed by atoms with Crippen molar-refractivity contribution in [3.8, 4) is 0 Å². The lowest BCUT2D eigenvalue weighted by atomic mass is 10.1. The predicted octanol–water partition coefficient (Wildman–Crippen LogP) is -1.58. The van der Waals surface area contributed by atoms with Gasteiger partial charge in [-0.2, -0.15) is 0 Å². The number of hydrogen-bond acceptors (Lipinski definition) is 6. The van der Waals surface area contributed by atoms with Gasteiger partial charge in [-0.15, -0.1) is 0 Å². The van der Waals surface area contributed by atoms with Crippen LogP contribution in [0.5, 0.6) is 0 Å². The summed E-state index contributed by atoms with van der Waals surface area (Å²) in [6, 6.07) is 0. The van der Waals surface area contributed by atoms with Gasteiger partial charge in [0.15, 0.2) is 6.10 Å². The molecular weight excluding hydrogens is 204 g/mol. The van der Waals surface area contributed by atoms with E-state index in [0.29, 0.717) is 6.42 Å². The second-order valence-corrected chi connectivity index (χ2v) is 3.43. The van der Waals surface area contributed by atoms with E-state index < -0.39 is 37.0 Å². The Bertz CT molecular complexity index is 219. The number of ether oxygens (including phenoxy) is 2. The Balaban J connectivity index is 2.52. The quantitative estimate of drug-likeness (QED) is 0.495. The topological polar surface area (TPSA) is 96.2 Å². The van der Waals surface area contributed by atoms with Gasteiger partial charge in [-0.1, -0.05) is 6.92 Å². The van der Waals surface area contributed by atoms with Crippen molar-refractivity contribution in [2.24, 2.45) is 0 Å². The number of aliphatic hydroxyl groups excluding tert-OH is 3. The summed E-state index contributed by atoms with van der Waals surface area (Å²) in [5.74, 6) is -0.709. The molecule has 1 saturated heterocycles. The first-order valence-corrected chi connectivity index (χ1v) is 4.90. The van der Waals surface area contributed by atoms with Crippen molar-refractivity contribution in [2.75, 3.05) is 13.2 Å². The van der Waals surface area contributed by atoms with Crippen molar-refractivity contribution in [1.29, 1.82) is 0 Å². The van der Waals surface area contributed by atoms with Crippen molar-refractivity contribution in [3.05, 3.63) is 0 Å². The first-order chi connectivity index (χ1) is 7.11. The molecule has 0 aromatic rings. The highest BCUT2D eigenvalue weighted by Gasteiger charge is 2.46. The lowest BCUT2D eigenvalue weighted by molar-refractivity contribution is -0.160. The molecule has 0 spiro atoms. The summed E-state index contributed by atoms with van der Waals surface area (Å²) in [7, 11) is 0. The number of rotatable bonds is 4. The SMILES string of the molecule is CCCOC(=O)[C@H]1O[C@H](CO)[C@@H](O)[C@@H]1O. The predicted molar refractivity (Wildman–Crippen MR) is 49.0 cm³/mol. The van der Waals surface area contributed by atoms with Crippen LogP contribution in [-0.2, 0) is 14.3 Å². The highest BCUT2D eigenvalue weighted by Crippen LogP contribution is 2.21. The normalized spacial score (nSPS) is 35.5. The highest BCUT2D eigenvalue weighted by atomic mass is 16.6. The zero-order chi connectivity index (χ0) is 11.4. The van der Waals surface area contributed by atoms with E-state index in [1.807, 2.05) is 6.92 Å². The van der Waals surface area contributed by atoms with Crippen LogP contribution in [0.2, 0.25) is 0 Å². The third kappa shape index (κ3) is 2.66. The molecule has 0 aliphatic carbocycles. The first-order valence-electron chi connectivity index (χ1n) is 4.90. The van der Waals surface area contributed by atoms with Gasteiger partial charge in [0.1, 0.15) is 18.3 Å². The van der Waals surface area contributed by atoms with E-state index in [2.05, 4.69) is 0 Å². The Morgan fingerprint density at radius 1 is 1.40 bits per heavy atom. The molecule has 1 rings (SSSR count). The van der Waals surface area contributed by atoms with Gasteiger partial charge in [0, 0.05) is 0 Å². The zero-order valence-corrected chi connectivity index (χ0v) is 8.50. The van der Waals surface area contributed by atoms with E-state index in [1.54, 1.807) is 0 Å². The van der Waals surface area contributed by atoms with E-state index >= 15 is 0 Å². The number of hydrogen-bond donors (Lipinski definition) is 3. The summed E-state index contributed by atoms with van der Waals surface area (Å²) >= 11 is 0. The summed E-state index contributed by atoms with van der Waals surface area (Å²) in [6.45, 7) is 1.63. The third-order valence-electron chi connectivity index (χ3n) is 2.22. The lowest BCUT2D eigenvalue weighted by Crippen LogP contribution is -2.37. The molecule has 1 fully saturated rings. The maximum absolute atomic E-state index is 11.3. The molecule has 6 heteroatoms. The highest BCUT2D eigenvalue weighted by molar-refractivity contribution is 5.76. The van der Waals surface area contributed by atoms with Crippen LogP contribution in [-0.4, -0.2) is 58.9 Å². The molecular formula is C9H16O6. The van der Waals surface area contributed by atoms with Crippen molar-refractivity contribution >= 4 is 5.97 Å². The fourth-order valence-corrected chi connectivity index (χ4v) is 1.38. The van der Waals surface area contributed by atoms with Crippen molar-refractivity contribution in [3.63, 3.8) is 0 Å². The van der Waals surface area contributed by atoms with Crippen LogP contribution in [0.25, 0.3) is 0 Å². The summed E-state index contributed by atoms with van der Waals surface area (Å²) < 4.78 is 9.74. The Hall–Kier alpha value is -0.690. The van der Waals surface area contributed by atoms with Crippen LogP contribution in [0.4, 0.5) is 0 Å². The molecule has 0 amide bonds. The molecule has 1 heterocycles. The minimum absolute atomic E-state index is 0.241. The van der Waals surface area contributed by atoms with Gasteiger partial charge in [0.25, 0.3) is 0 Å². The molecule has 0 saturated carbocycles. The number of carbonyl (C=O) groups excluding carboxylic acids is 1. The Kier molecular flexibility index (Phi) is 4.46. The fourth-order valence-electron chi connectivity index (χ4n) is 1.38. The minimum atomic E-state index is -1.34. The molecule has 0 bridgehead atoms. The standard InChI is InChI=1S/C9H16O6/c1-2-3-14-9(13)8-7(12)6(11)5(4-10)15-8/h5-8,10-12H,2-4H2,1H3/t5-,6-,7+,8+/m1/s1. The van der Waals surface area contributed by atoms with Gasteiger partial charge in [0.2, 0.25) is 0 Å². The summed E-state index contributed by atoms with van der Waals surface area (Å²) in [5.41, 5.74) is 0. The number of carbonyl (C=O) groups is 1. The van der Waals surface area contributed by atoms with Crippen LogP contribution in [0, 0.1) is 0 Å². The molecule has 15 heavy (non-hydrogen) atoms.